The van der Waals surface area contributed by atoms with Crippen LogP contribution in [-0.2, 0) is 0 Å². The molecule has 0 fully saturated rings. The van der Waals surface area contributed by atoms with Gasteiger partial charge in [-0.3, -0.25) is 0 Å². The van der Waals surface area contributed by atoms with Crippen LogP contribution in [0.1, 0.15) is 12.5 Å². The highest BCUT2D eigenvalue weighted by molar-refractivity contribution is 7.99. The number of hydrogen-bond acceptors (Lipinski definition) is 3. The Morgan fingerprint density at radius 3 is 2.55 bits per heavy atom. The Hall–Kier alpha value is -1.34. The minimum Gasteiger partial charge on any atom is -0.353 e. The second-order valence-electron chi connectivity index (χ2n) is 3.95. The fourth-order valence-electron chi connectivity index (χ4n) is 1.77. The van der Waals surface area contributed by atoms with Crippen molar-refractivity contribution in [2.24, 2.45) is 0 Å². The molecule has 0 aliphatic rings. The second kappa shape index (κ2) is 6.90. The quantitative estimate of drug-likeness (QED) is 0.731. The predicted octanol–water partition coefficient (Wildman–Crippen LogP) is 5.72. The van der Waals surface area contributed by atoms with Crippen molar-refractivity contribution < 1.29 is 0 Å². The number of halogens is 2. The molecule has 20 heavy (non-hydrogen) atoms. The summed E-state index contributed by atoms with van der Waals surface area (Å²) in [5.74, 6) is 0.913. The topological polar surface area (TPSA) is 35.8 Å². The van der Waals surface area contributed by atoms with Crippen LogP contribution >= 0.6 is 35.0 Å². The van der Waals surface area contributed by atoms with Crippen molar-refractivity contribution in [1.29, 1.82) is 5.26 Å². The molecule has 0 amide bonds. The molecule has 0 aliphatic heterocycles. The van der Waals surface area contributed by atoms with E-state index in [-0.39, 0.29) is 0 Å². The molecule has 0 bridgehead atoms. The lowest BCUT2D eigenvalue weighted by Crippen LogP contribution is -1.96. The zero-order valence-corrected chi connectivity index (χ0v) is 13.1. The predicted molar refractivity (Wildman–Crippen MR) is 87.3 cm³/mol. The molecule has 0 aliphatic carbocycles. The molecule has 2 aromatic rings. The lowest BCUT2D eigenvalue weighted by Gasteiger charge is -2.12. The molecule has 1 N–H and O–H groups in total. The SMILES string of the molecule is CCSc1cccc(Nc2cccc(Cl)c2Cl)c1C#N. The van der Waals surface area contributed by atoms with Crippen LogP contribution in [0.25, 0.3) is 0 Å². The number of rotatable bonds is 4. The largest absolute Gasteiger partial charge is 0.353 e. The van der Waals surface area contributed by atoms with Crippen LogP contribution in [-0.4, -0.2) is 5.75 Å². The van der Waals surface area contributed by atoms with Gasteiger partial charge in [-0.1, -0.05) is 42.3 Å². The molecule has 0 saturated heterocycles. The Kier molecular flexibility index (Phi) is 5.19. The minimum absolute atomic E-state index is 0.451. The number of hydrogen-bond donors (Lipinski definition) is 1. The Morgan fingerprint density at radius 1 is 1.15 bits per heavy atom. The maximum atomic E-state index is 9.37. The first-order chi connectivity index (χ1) is 9.67. The summed E-state index contributed by atoms with van der Waals surface area (Å²) >= 11 is 13.8. The Labute approximate surface area is 132 Å². The number of anilines is 2. The van der Waals surface area contributed by atoms with Gasteiger partial charge in [0.2, 0.25) is 0 Å². The van der Waals surface area contributed by atoms with Gasteiger partial charge in [0.05, 0.1) is 27.0 Å². The van der Waals surface area contributed by atoms with Crippen molar-refractivity contribution in [2.45, 2.75) is 11.8 Å². The van der Waals surface area contributed by atoms with Gasteiger partial charge in [-0.2, -0.15) is 5.26 Å². The van der Waals surface area contributed by atoms with Gasteiger partial charge in [0.25, 0.3) is 0 Å². The van der Waals surface area contributed by atoms with E-state index >= 15 is 0 Å². The first-order valence-electron chi connectivity index (χ1n) is 6.04. The maximum Gasteiger partial charge on any atom is 0.103 e. The Balaban J connectivity index is 2.41. The Morgan fingerprint density at radius 2 is 1.85 bits per heavy atom. The zero-order chi connectivity index (χ0) is 14.5. The highest BCUT2D eigenvalue weighted by atomic mass is 35.5. The van der Waals surface area contributed by atoms with E-state index in [0.717, 1.165) is 16.3 Å². The molecule has 0 radical (unpaired) electrons. The third kappa shape index (κ3) is 3.21. The van der Waals surface area contributed by atoms with Gasteiger partial charge in [-0.25, -0.2) is 0 Å². The van der Waals surface area contributed by atoms with Crippen molar-refractivity contribution in [3.05, 3.63) is 52.0 Å². The van der Waals surface area contributed by atoms with Crippen LogP contribution in [0.5, 0.6) is 0 Å². The zero-order valence-electron chi connectivity index (χ0n) is 10.8. The summed E-state index contributed by atoms with van der Waals surface area (Å²) in [6.07, 6.45) is 0. The van der Waals surface area contributed by atoms with Crippen molar-refractivity contribution in [3.8, 4) is 6.07 Å². The average molecular weight is 323 g/mol. The van der Waals surface area contributed by atoms with Gasteiger partial charge < -0.3 is 5.32 Å². The van der Waals surface area contributed by atoms with E-state index in [9.17, 15) is 5.26 Å². The van der Waals surface area contributed by atoms with Crippen LogP contribution in [0.2, 0.25) is 10.0 Å². The molecule has 0 saturated carbocycles. The van der Waals surface area contributed by atoms with Crippen molar-refractivity contribution in [2.75, 3.05) is 11.1 Å². The number of benzene rings is 2. The average Bonchev–Trinajstić information content (AvgIpc) is 2.44. The standard InChI is InChI=1S/C15H12Cl2N2S/c1-2-20-14-8-4-6-12(10(14)9-18)19-13-7-3-5-11(16)15(13)17/h3-8,19H,2H2,1H3. The summed E-state index contributed by atoms with van der Waals surface area (Å²) < 4.78 is 0. The molecular formula is C15H12Cl2N2S. The normalized spacial score (nSPS) is 10.1. The first-order valence-corrected chi connectivity index (χ1v) is 7.78. The molecular weight excluding hydrogens is 311 g/mol. The third-order valence-corrected chi connectivity index (χ3v) is 4.42. The highest BCUT2D eigenvalue weighted by Gasteiger charge is 2.10. The number of nitrogens with one attached hydrogen (secondary N) is 1. The summed E-state index contributed by atoms with van der Waals surface area (Å²) in [7, 11) is 0. The summed E-state index contributed by atoms with van der Waals surface area (Å²) in [6, 6.07) is 13.3. The van der Waals surface area contributed by atoms with Crippen molar-refractivity contribution in [3.63, 3.8) is 0 Å². The summed E-state index contributed by atoms with van der Waals surface area (Å²) in [6.45, 7) is 2.06. The van der Waals surface area contributed by atoms with Gasteiger partial charge in [0.15, 0.2) is 0 Å². The Bertz CT molecular complexity index is 665. The van der Waals surface area contributed by atoms with Crippen LogP contribution in [0.3, 0.4) is 0 Å². The van der Waals surface area contributed by atoms with E-state index in [1.54, 1.807) is 17.8 Å². The number of thioether (sulfide) groups is 1. The molecule has 0 heterocycles. The summed E-state index contributed by atoms with van der Waals surface area (Å²) in [4.78, 5) is 0.957. The monoisotopic (exact) mass is 322 g/mol. The van der Waals surface area contributed by atoms with Crippen LogP contribution in [0.4, 0.5) is 11.4 Å². The number of nitriles is 1. The fraction of sp³-hybridized carbons (Fsp3) is 0.133. The first kappa shape index (κ1) is 15.1. The molecule has 2 nitrogen and oxygen atoms in total. The molecule has 0 atom stereocenters. The van der Waals surface area contributed by atoms with E-state index in [2.05, 4.69) is 18.3 Å². The van der Waals surface area contributed by atoms with E-state index in [1.165, 1.54) is 0 Å². The van der Waals surface area contributed by atoms with E-state index in [0.29, 0.717) is 21.3 Å². The molecule has 0 spiro atoms. The summed E-state index contributed by atoms with van der Waals surface area (Å²) in [5.41, 5.74) is 2.04. The number of nitrogens with zero attached hydrogens (tertiary/aromatic N) is 1. The molecule has 0 unspecified atom stereocenters. The van der Waals surface area contributed by atoms with E-state index in [4.69, 9.17) is 23.2 Å². The van der Waals surface area contributed by atoms with Crippen molar-refractivity contribution >= 4 is 46.3 Å². The fourth-order valence-corrected chi connectivity index (χ4v) is 2.91. The lowest BCUT2D eigenvalue weighted by atomic mass is 10.2. The summed E-state index contributed by atoms with van der Waals surface area (Å²) in [5, 5.41) is 13.5. The molecule has 0 aromatic heterocycles. The molecule has 5 heteroatoms. The van der Waals surface area contributed by atoms with Crippen molar-refractivity contribution in [1.82, 2.24) is 0 Å². The lowest BCUT2D eigenvalue weighted by molar-refractivity contribution is 1.34. The highest BCUT2D eigenvalue weighted by Crippen LogP contribution is 2.34. The molecule has 2 aromatic carbocycles. The van der Waals surface area contributed by atoms with Crippen LogP contribution in [0, 0.1) is 11.3 Å². The van der Waals surface area contributed by atoms with Gasteiger partial charge in [0, 0.05) is 4.90 Å². The third-order valence-electron chi connectivity index (χ3n) is 2.66. The van der Waals surface area contributed by atoms with Crippen LogP contribution in [0.15, 0.2) is 41.3 Å². The van der Waals surface area contributed by atoms with Gasteiger partial charge in [0.1, 0.15) is 6.07 Å². The van der Waals surface area contributed by atoms with E-state index in [1.807, 2.05) is 30.3 Å². The molecule has 102 valence electrons. The molecule has 2 rings (SSSR count). The van der Waals surface area contributed by atoms with Gasteiger partial charge in [-0.15, -0.1) is 11.8 Å². The van der Waals surface area contributed by atoms with Gasteiger partial charge in [-0.05, 0) is 30.0 Å². The second-order valence-corrected chi connectivity index (χ2v) is 6.04. The minimum atomic E-state index is 0.451. The van der Waals surface area contributed by atoms with Gasteiger partial charge >= 0.3 is 0 Å². The van der Waals surface area contributed by atoms with Crippen LogP contribution < -0.4 is 5.32 Å². The maximum absolute atomic E-state index is 9.37. The smallest absolute Gasteiger partial charge is 0.103 e. The van der Waals surface area contributed by atoms with E-state index < -0.39 is 0 Å².